The van der Waals surface area contributed by atoms with Crippen molar-refractivity contribution in [2.24, 2.45) is 0 Å². The van der Waals surface area contributed by atoms with Gasteiger partial charge in [0.1, 0.15) is 0 Å². The quantitative estimate of drug-likeness (QED) is 0.674. The first-order valence-electron chi connectivity index (χ1n) is 3.65. The van der Waals surface area contributed by atoms with Crippen LogP contribution in [0.4, 0.5) is 0 Å². The van der Waals surface area contributed by atoms with Crippen LogP contribution in [0.5, 0.6) is 0 Å². The van der Waals surface area contributed by atoms with Crippen molar-refractivity contribution in [2.75, 3.05) is 23.0 Å². The number of nitrogens with zero attached hydrogens (tertiary/aromatic N) is 1. The summed E-state index contributed by atoms with van der Waals surface area (Å²) < 4.78 is -2.98. The predicted octanol–water partition coefficient (Wildman–Crippen LogP) is 4.77. The van der Waals surface area contributed by atoms with E-state index in [9.17, 15) is 0 Å². The van der Waals surface area contributed by atoms with Gasteiger partial charge in [0, 0.05) is 23.0 Å². The lowest BCUT2D eigenvalue weighted by atomic mass is 11.0. The zero-order valence-electron chi connectivity index (χ0n) is 6.62. The first-order chi connectivity index (χ1) is 6.12. The average molecular weight is 324 g/mol. The molecule has 0 radical (unpaired) electrons. The Labute approximate surface area is 105 Å². The summed E-state index contributed by atoms with van der Waals surface area (Å²) in [7, 11) is 0. The maximum Gasteiger partial charge on any atom is 0.00682 e. The highest BCUT2D eigenvalue weighted by molar-refractivity contribution is 9.09. The average Bonchev–Trinajstić information content (AvgIpc) is 2.60. The molecule has 0 aromatic heterocycles. The van der Waals surface area contributed by atoms with Gasteiger partial charge in [-0.1, -0.05) is 23.6 Å². The predicted molar refractivity (Wildman–Crippen MR) is 81.8 cm³/mol. The molecule has 2 saturated heterocycles. The lowest BCUT2D eigenvalue weighted by Gasteiger charge is -2.37. The molecule has 76 valence electrons. The molecule has 9 heteroatoms. The van der Waals surface area contributed by atoms with Gasteiger partial charge in [-0.15, -0.1) is 45.5 Å². The molecule has 0 aromatic rings. The Bertz CT molecular complexity index is 244. The summed E-state index contributed by atoms with van der Waals surface area (Å²) in [4.78, 5) is 4.84. The second-order valence-electron chi connectivity index (χ2n) is 2.36. The second kappa shape index (κ2) is 4.89. The first-order valence-corrected chi connectivity index (χ1v) is 15.5. The Kier molecular flexibility index (Phi) is 4.56. The minimum atomic E-state index is -1.49. The fourth-order valence-electron chi connectivity index (χ4n) is 0.922. The van der Waals surface area contributed by atoms with E-state index in [1.54, 1.807) is 0 Å². The van der Waals surface area contributed by atoms with Gasteiger partial charge in [0.2, 0.25) is 0 Å². The molecule has 2 heterocycles. The summed E-state index contributed by atoms with van der Waals surface area (Å²) in [5.41, 5.74) is 0. The van der Waals surface area contributed by atoms with Crippen LogP contribution in [0.1, 0.15) is 0 Å². The van der Waals surface area contributed by atoms with Crippen molar-refractivity contribution in [3.05, 3.63) is 4.86 Å². The number of hydrogen-bond donors (Lipinski definition) is 0. The van der Waals surface area contributed by atoms with E-state index in [0.29, 0.717) is 0 Å². The summed E-state index contributed by atoms with van der Waals surface area (Å²) in [5.74, 6) is 4.71. The standard InChI is InChI=1S/C4H8NP2S6/c8-6(10-1-2-11-6)5-7(9)12-3-4-13-7/h1-4H2/q-1. The SMILES string of the molecule is S=P1([N-]P2(=S)SCCS2)SCCS1. The molecular weight excluding hydrogens is 316 g/mol. The monoisotopic (exact) mass is 324 g/mol. The van der Waals surface area contributed by atoms with Crippen LogP contribution in [0.15, 0.2) is 0 Å². The lowest BCUT2D eigenvalue weighted by Crippen LogP contribution is -1.64. The highest BCUT2D eigenvalue weighted by Gasteiger charge is 2.23. The smallest absolute Gasteiger partial charge is 0.00682 e. The fourth-order valence-corrected chi connectivity index (χ4v) is 29.2. The van der Waals surface area contributed by atoms with Gasteiger partial charge in [0.15, 0.2) is 0 Å². The van der Waals surface area contributed by atoms with Crippen molar-refractivity contribution in [1.29, 1.82) is 0 Å². The minimum Gasteiger partial charge on any atom is -0.557 e. The zero-order chi connectivity index (χ0) is 9.36. The Hall–Kier alpha value is 2.66. The highest BCUT2D eigenvalue weighted by atomic mass is 33.3. The van der Waals surface area contributed by atoms with E-state index in [2.05, 4.69) is 0 Å². The van der Waals surface area contributed by atoms with Crippen molar-refractivity contribution in [3.63, 3.8) is 0 Å². The molecule has 0 amide bonds. The van der Waals surface area contributed by atoms with Crippen LogP contribution in [-0.4, -0.2) is 23.0 Å². The van der Waals surface area contributed by atoms with Gasteiger partial charge in [-0.3, -0.25) is 0 Å². The molecule has 0 saturated carbocycles. The van der Waals surface area contributed by atoms with Gasteiger partial charge in [-0.25, -0.2) is 0 Å². The summed E-state index contributed by atoms with van der Waals surface area (Å²) in [6, 6.07) is 0. The van der Waals surface area contributed by atoms with E-state index in [4.69, 9.17) is 28.5 Å². The van der Waals surface area contributed by atoms with Crippen molar-refractivity contribution in [2.45, 2.75) is 0 Å². The molecule has 1 nitrogen and oxygen atoms in total. The summed E-state index contributed by atoms with van der Waals surface area (Å²) in [6.07, 6.45) is 0. The van der Waals surface area contributed by atoms with Gasteiger partial charge in [0.25, 0.3) is 0 Å². The summed E-state index contributed by atoms with van der Waals surface area (Å²) >= 11 is 18.7. The highest BCUT2D eigenvalue weighted by Crippen LogP contribution is 2.92. The van der Waals surface area contributed by atoms with Crippen molar-refractivity contribution >= 4 is 78.3 Å². The molecule has 0 bridgehead atoms. The maximum absolute atomic E-state index is 5.58. The van der Waals surface area contributed by atoms with Gasteiger partial charge in [0.05, 0.1) is 0 Å². The van der Waals surface area contributed by atoms with Crippen LogP contribution in [0.2, 0.25) is 0 Å². The van der Waals surface area contributed by atoms with Gasteiger partial charge < -0.3 is 4.86 Å². The Balaban J connectivity index is 2.04. The van der Waals surface area contributed by atoms with Crippen LogP contribution < -0.4 is 0 Å². The molecule has 2 aliphatic rings. The molecule has 2 fully saturated rings. The Morgan fingerprint density at radius 2 is 1.08 bits per heavy atom. The molecule has 0 atom stereocenters. The molecule has 2 aliphatic heterocycles. The minimum absolute atomic E-state index is 1.18. The van der Waals surface area contributed by atoms with Crippen LogP contribution in [0.3, 0.4) is 0 Å². The molecular formula is C4H8NP2S6-. The van der Waals surface area contributed by atoms with Gasteiger partial charge in [-0.2, -0.15) is 0 Å². The van der Waals surface area contributed by atoms with Crippen LogP contribution in [-0.2, 0) is 23.6 Å². The van der Waals surface area contributed by atoms with Crippen molar-refractivity contribution in [1.82, 2.24) is 0 Å². The van der Waals surface area contributed by atoms with E-state index >= 15 is 0 Å². The summed E-state index contributed by atoms with van der Waals surface area (Å²) in [6.45, 7) is 0. The molecule has 0 spiro atoms. The van der Waals surface area contributed by atoms with E-state index in [-0.39, 0.29) is 0 Å². The van der Waals surface area contributed by atoms with E-state index in [1.807, 2.05) is 45.5 Å². The largest absolute Gasteiger partial charge is 0.557 e. The molecule has 0 N–H and O–H groups in total. The third-order valence-corrected chi connectivity index (χ3v) is 24.2. The third-order valence-electron chi connectivity index (χ3n) is 1.40. The van der Waals surface area contributed by atoms with Crippen molar-refractivity contribution in [3.8, 4) is 0 Å². The molecule has 0 unspecified atom stereocenters. The topological polar surface area (TPSA) is 14.1 Å². The van der Waals surface area contributed by atoms with E-state index in [1.165, 1.54) is 23.0 Å². The third kappa shape index (κ3) is 3.31. The lowest BCUT2D eigenvalue weighted by molar-refractivity contribution is 1.59. The van der Waals surface area contributed by atoms with Gasteiger partial charge in [-0.05, 0) is 9.18 Å². The molecule has 2 rings (SSSR count). The molecule has 13 heavy (non-hydrogen) atoms. The molecule has 0 aliphatic carbocycles. The second-order valence-corrected chi connectivity index (χ2v) is 24.4. The Morgan fingerprint density at radius 3 is 1.38 bits per heavy atom. The van der Waals surface area contributed by atoms with Crippen molar-refractivity contribution < 1.29 is 0 Å². The summed E-state index contributed by atoms with van der Waals surface area (Å²) in [5, 5.41) is 0. The van der Waals surface area contributed by atoms with E-state index < -0.39 is 9.18 Å². The number of rotatable bonds is 2. The van der Waals surface area contributed by atoms with Gasteiger partial charge >= 0.3 is 0 Å². The van der Waals surface area contributed by atoms with Crippen LogP contribution in [0, 0.1) is 0 Å². The van der Waals surface area contributed by atoms with Crippen LogP contribution in [0.25, 0.3) is 4.86 Å². The zero-order valence-corrected chi connectivity index (χ0v) is 13.3. The van der Waals surface area contributed by atoms with E-state index in [0.717, 1.165) is 0 Å². The Morgan fingerprint density at radius 1 is 0.769 bits per heavy atom. The normalized spacial score (nSPS) is 30.8. The molecule has 0 aromatic carbocycles. The van der Waals surface area contributed by atoms with Crippen LogP contribution >= 0.6 is 54.7 Å². The maximum atomic E-state index is 5.58. The number of hydrogen-bond acceptors (Lipinski definition) is 6. The fraction of sp³-hybridized carbons (Fsp3) is 1.00. The first kappa shape index (κ1) is 12.1.